The van der Waals surface area contributed by atoms with Gasteiger partial charge in [0.05, 0.1) is 11.7 Å². The van der Waals surface area contributed by atoms with Gasteiger partial charge in [0, 0.05) is 30.3 Å². The minimum Gasteiger partial charge on any atom is -0.338 e. The lowest BCUT2D eigenvalue weighted by Gasteiger charge is -2.42. The Bertz CT molecular complexity index is 1270. The number of carbonyl (C=O) groups is 1. The molecule has 1 fully saturated rings. The van der Waals surface area contributed by atoms with Crippen LogP contribution in [0.3, 0.4) is 0 Å². The van der Waals surface area contributed by atoms with E-state index in [4.69, 9.17) is 16.6 Å². The molecule has 4 rings (SSSR count). The van der Waals surface area contributed by atoms with Crippen molar-refractivity contribution >= 4 is 35.0 Å². The molecule has 1 saturated heterocycles. The molecule has 1 atom stereocenters. The summed E-state index contributed by atoms with van der Waals surface area (Å²) in [6, 6.07) is 22.7. The summed E-state index contributed by atoms with van der Waals surface area (Å²) in [6.07, 6.45) is 2.01. The summed E-state index contributed by atoms with van der Waals surface area (Å²) in [6.45, 7) is 5.36. The number of hydrogen-bond donors (Lipinski definition) is 2. The van der Waals surface area contributed by atoms with Gasteiger partial charge in [-0.15, -0.1) is 0 Å². The molecule has 0 radical (unpaired) electrons. The lowest BCUT2D eigenvalue weighted by molar-refractivity contribution is 0.135. The van der Waals surface area contributed by atoms with E-state index in [2.05, 4.69) is 10.6 Å². The first-order valence-corrected chi connectivity index (χ1v) is 11.8. The van der Waals surface area contributed by atoms with E-state index in [0.717, 1.165) is 22.4 Å². The fourth-order valence-electron chi connectivity index (χ4n) is 4.13. The van der Waals surface area contributed by atoms with Crippen LogP contribution in [0, 0.1) is 25.3 Å². The molecule has 0 saturated carbocycles. The van der Waals surface area contributed by atoms with Crippen molar-refractivity contribution in [3.8, 4) is 6.19 Å². The predicted molar refractivity (Wildman–Crippen MR) is 140 cm³/mol. The second-order valence-electron chi connectivity index (χ2n) is 8.41. The summed E-state index contributed by atoms with van der Waals surface area (Å²) < 4.78 is 0. The van der Waals surface area contributed by atoms with Crippen LogP contribution in [0.1, 0.15) is 22.7 Å². The first-order chi connectivity index (χ1) is 17.0. The van der Waals surface area contributed by atoms with E-state index in [-0.39, 0.29) is 12.1 Å². The summed E-state index contributed by atoms with van der Waals surface area (Å²) >= 11 is 6.15. The highest BCUT2D eigenvalue weighted by molar-refractivity contribution is 6.31. The van der Waals surface area contributed by atoms with Crippen LogP contribution in [0.15, 0.2) is 77.8 Å². The number of rotatable bonds is 3. The second kappa shape index (κ2) is 10.9. The number of amides is 2. The van der Waals surface area contributed by atoms with E-state index in [1.54, 1.807) is 12.1 Å². The number of piperazine rings is 1. The smallest absolute Gasteiger partial charge is 0.322 e. The number of guanidine groups is 1. The van der Waals surface area contributed by atoms with Crippen molar-refractivity contribution in [2.24, 2.45) is 4.99 Å². The van der Waals surface area contributed by atoms with Gasteiger partial charge in [-0.3, -0.25) is 5.32 Å². The number of nitriles is 1. The van der Waals surface area contributed by atoms with Gasteiger partial charge in [-0.25, -0.2) is 9.79 Å². The van der Waals surface area contributed by atoms with Crippen LogP contribution >= 0.6 is 11.6 Å². The number of urea groups is 1. The van der Waals surface area contributed by atoms with E-state index in [9.17, 15) is 10.1 Å². The van der Waals surface area contributed by atoms with E-state index in [1.165, 1.54) is 0 Å². The Kier molecular flexibility index (Phi) is 7.54. The van der Waals surface area contributed by atoms with Crippen molar-refractivity contribution in [1.29, 1.82) is 5.26 Å². The largest absolute Gasteiger partial charge is 0.338 e. The summed E-state index contributed by atoms with van der Waals surface area (Å²) in [5.41, 5.74) is 4.42. The van der Waals surface area contributed by atoms with Gasteiger partial charge >= 0.3 is 6.03 Å². The molecular weight excluding hydrogens is 460 g/mol. The van der Waals surface area contributed by atoms with E-state index < -0.39 is 0 Å². The molecule has 3 aromatic carbocycles. The number of aryl methyl sites for hydroxylation is 2. The number of aliphatic imine (C=N–C) groups is 1. The average molecular weight is 487 g/mol. The minimum atomic E-state index is -0.244. The maximum Gasteiger partial charge on any atom is 0.322 e. The number of hydrogen-bond acceptors (Lipinski definition) is 3. The molecule has 0 bridgehead atoms. The molecule has 2 N–H and O–H groups in total. The Labute approximate surface area is 210 Å². The zero-order valence-electron chi connectivity index (χ0n) is 19.7. The molecule has 3 aromatic rings. The van der Waals surface area contributed by atoms with Crippen molar-refractivity contribution in [2.75, 3.05) is 25.0 Å². The first kappa shape index (κ1) is 24.1. The van der Waals surface area contributed by atoms with Gasteiger partial charge < -0.3 is 15.1 Å². The van der Waals surface area contributed by atoms with Gasteiger partial charge in [-0.2, -0.15) is 5.26 Å². The van der Waals surface area contributed by atoms with Crippen molar-refractivity contribution in [2.45, 2.75) is 19.9 Å². The van der Waals surface area contributed by atoms with Gasteiger partial charge in [-0.05, 0) is 48.7 Å². The number of anilines is 1. The molecule has 0 aliphatic carbocycles. The van der Waals surface area contributed by atoms with E-state index in [1.807, 2.05) is 90.5 Å². The Morgan fingerprint density at radius 1 is 1.03 bits per heavy atom. The molecule has 2 amide bonds. The first-order valence-electron chi connectivity index (χ1n) is 11.4. The third-order valence-corrected chi connectivity index (χ3v) is 6.31. The van der Waals surface area contributed by atoms with Crippen LogP contribution in [-0.4, -0.2) is 41.4 Å². The molecule has 1 aliphatic heterocycles. The number of halogens is 1. The van der Waals surface area contributed by atoms with Crippen LogP contribution in [0.5, 0.6) is 0 Å². The minimum absolute atomic E-state index is 0.200. The highest BCUT2D eigenvalue weighted by atomic mass is 35.5. The highest BCUT2D eigenvalue weighted by Gasteiger charge is 2.33. The molecule has 35 heavy (non-hydrogen) atoms. The molecule has 1 unspecified atom stereocenters. The molecular formula is C27H27ClN6O. The van der Waals surface area contributed by atoms with Gasteiger partial charge in [0.2, 0.25) is 5.96 Å². The zero-order chi connectivity index (χ0) is 24.8. The van der Waals surface area contributed by atoms with E-state index >= 15 is 0 Å². The number of nitrogens with zero attached hydrogens (tertiary/aromatic N) is 4. The number of para-hydroxylation sites is 1. The molecule has 8 heteroatoms. The monoisotopic (exact) mass is 486 g/mol. The second-order valence-corrected chi connectivity index (χ2v) is 8.85. The molecule has 178 valence electrons. The third-order valence-electron chi connectivity index (χ3n) is 6.08. The fourth-order valence-corrected chi connectivity index (χ4v) is 4.30. The number of nitrogens with one attached hydrogen (secondary N) is 2. The Morgan fingerprint density at radius 3 is 2.51 bits per heavy atom. The van der Waals surface area contributed by atoms with Gasteiger partial charge in [0.1, 0.15) is 0 Å². The molecule has 7 nitrogen and oxygen atoms in total. The lowest BCUT2D eigenvalue weighted by atomic mass is 10.0. The Balaban J connectivity index is 1.63. The molecule has 1 heterocycles. The molecule has 1 aliphatic rings. The van der Waals surface area contributed by atoms with Crippen LogP contribution in [-0.2, 0) is 0 Å². The van der Waals surface area contributed by atoms with Crippen molar-refractivity contribution < 1.29 is 4.79 Å². The Morgan fingerprint density at radius 2 is 1.77 bits per heavy atom. The molecule has 0 spiro atoms. The summed E-state index contributed by atoms with van der Waals surface area (Å²) in [5.74, 6) is 0.466. The van der Waals surface area contributed by atoms with Gasteiger partial charge in [-0.1, -0.05) is 66.2 Å². The van der Waals surface area contributed by atoms with Gasteiger partial charge in [0.15, 0.2) is 6.19 Å². The average Bonchev–Trinajstić information content (AvgIpc) is 2.87. The van der Waals surface area contributed by atoms with Crippen molar-refractivity contribution in [1.82, 2.24) is 15.1 Å². The topological polar surface area (TPSA) is 83.8 Å². The maximum absolute atomic E-state index is 13.4. The standard InChI is InChI=1S/C27H27ClN6O/c1-19-8-6-7-11-23(19)31-26(30-18-29)33-14-15-34(25(17-33)21-9-4-3-5-10-21)27(35)32-24-16-22(28)13-12-20(24)2/h3-13,16,25H,14-15,17H2,1-2H3,(H,30,31)(H,32,35). The third kappa shape index (κ3) is 5.73. The van der Waals surface area contributed by atoms with Crippen LogP contribution in [0.25, 0.3) is 0 Å². The maximum atomic E-state index is 13.4. The number of benzene rings is 3. The SMILES string of the molecule is Cc1ccccc1N=C(NC#N)N1CCN(C(=O)Nc2cc(Cl)ccc2C)C(c2ccccc2)C1. The summed E-state index contributed by atoms with van der Waals surface area (Å²) in [5, 5.41) is 15.7. The quantitative estimate of drug-likeness (QED) is 0.218. The fraction of sp³-hybridized carbons (Fsp3) is 0.222. The number of carbonyl (C=O) groups excluding carboxylic acids is 1. The zero-order valence-corrected chi connectivity index (χ0v) is 20.5. The summed E-state index contributed by atoms with van der Waals surface area (Å²) in [7, 11) is 0. The van der Waals surface area contributed by atoms with Crippen molar-refractivity contribution in [3.63, 3.8) is 0 Å². The predicted octanol–water partition coefficient (Wildman–Crippen LogP) is 5.61. The van der Waals surface area contributed by atoms with Crippen LogP contribution in [0.4, 0.5) is 16.2 Å². The van der Waals surface area contributed by atoms with Crippen LogP contribution < -0.4 is 10.6 Å². The van der Waals surface area contributed by atoms with Gasteiger partial charge in [0.25, 0.3) is 0 Å². The molecule has 0 aromatic heterocycles. The highest BCUT2D eigenvalue weighted by Crippen LogP contribution is 2.28. The van der Waals surface area contributed by atoms with Crippen molar-refractivity contribution in [3.05, 3.63) is 94.5 Å². The Hall–Kier alpha value is -4.02. The lowest BCUT2D eigenvalue weighted by Crippen LogP contribution is -2.55. The van der Waals surface area contributed by atoms with Crippen LogP contribution in [0.2, 0.25) is 5.02 Å². The summed E-state index contributed by atoms with van der Waals surface area (Å²) in [4.78, 5) is 22.0. The normalized spacial score (nSPS) is 15.9. The van der Waals surface area contributed by atoms with E-state index in [0.29, 0.717) is 36.3 Å².